The maximum absolute atomic E-state index is 12.6. The number of pyridine rings is 1. The van der Waals surface area contributed by atoms with E-state index >= 15 is 0 Å². The largest absolute Gasteiger partial charge is 0.462 e. The Bertz CT molecular complexity index is 722. The molecule has 0 amide bonds. The second kappa shape index (κ2) is 4.95. The number of fused-ring (bicyclic) bond motifs is 1. The number of aromatic nitrogens is 2. The maximum atomic E-state index is 12.6. The van der Waals surface area contributed by atoms with Crippen molar-refractivity contribution in [2.75, 3.05) is 6.61 Å². The number of rotatable bonds is 2. The Hall–Kier alpha value is -2.38. The minimum Gasteiger partial charge on any atom is -0.462 e. The first-order valence-electron chi connectivity index (χ1n) is 5.60. The quantitative estimate of drug-likeness (QED) is 0.791. The molecule has 2 aromatic rings. The van der Waals surface area contributed by atoms with Crippen LogP contribution in [0.1, 0.15) is 22.8 Å². The lowest BCUT2D eigenvalue weighted by Gasteiger charge is -2.09. The highest BCUT2D eigenvalue weighted by atomic mass is 19.4. The van der Waals surface area contributed by atoms with Crippen LogP contribution < -0.4 is 5.56 Å². The minimum absolute atomic E-state index is 0.0102. The normalized spacial score (nSPS) is 11.6. The molecular formula is C12H9F3N2O3. The van der Waals surface area contributed by atoms with E-state index in [9.17, 15) is 22.8 Å². The molecule has 0 fully saturated rings. The van der Waals surface area contributed by atoms with Crippen molar-refractivity contribution >= 4 is 11.6 Å². The van der Waals surface area contributed by atoms with Crippen molar-refractivity contribution in [2.24, 2.45) is 0 Å². The van der Waals surface area contributed by atoms with Crippen molar-refractivity contribution in [1.29, 1.82) is 0 Å². The average molecular weight is 286 g/mol. The Kier molecular flexibility index (Phi) is 3.47. The van der Waals surface area contributed by atoms with Gasteiger partial charge in [-0.2, -0.15) is 13.2 Å². The van der Waals surface area contributed by atoms with E-state index in [1.54, 1.807) is 6.92 Å². The molecule has 20 heavy (non-hydrogen) atoms. The lowest BCUT2D eigenvalue weighted by atomic mass is 10.2. The fourth-order valence-corrected chi connectivity index (χ4v) is 1.59. The summed E-state index contributed by atoms with van der Waals surface area (Å²) in [5.41, 5.74) is -2.31. The first-order valence-corrected chi connectivity index (χ1v) is 5.60. The molecule has 0 radical (unpaired) electrons. The number of alkyl halides is 3. The summed E-state index contributed by atoms with van der Waals surface area (Å²) in [7, 11) is 0. The van der Waals surface area contributed by atoms with Gasteiger partial charge >= 0.3 is 12.1 Å². The summed E-state index contributed by atoms with van der Waals surface area (Å²) < 4.78 is 43.1. The molecule has 0 saturated heterocycles. The number of ether oxygens (including phenoxy) is 1. The van der Waals surface area contributed by atoms with Crippen LogP contribution in [0.4, 0.5) is 13.2 Å². The molecule has 0 saturated carbocycles. The molecule has 106 valence electrons. The molecule has 8 heteroatoms. The van der Waals surface area contributed by atoms with Crippen molar-refractivity contribution < 1.29 is 22.7 Å². The summed E-state index contributed by atoms with van der Waals surface area (Å²) in [4.78, 5) is 27.2. The Morgan fingerprint density at radius 2 is 2.10 bits per heavy atom. The smallest absolute Gasteiger partial charge is 0.417 e. The van der Waals surface area contributed by atoms with E-state index in [1.165, 1.54) is 0 Å². The SMILES string of the molecule is CCOC(=O)c1cnc2ccc(C(F)(F)F)cn2c1=O. The Morgan fingerprint density at radius 3 is 2.70 bits per heavy atom. The van der Waals surface area contributed by atoms with Gasteiger partial charge in [0, 0.05) is 12.4 Å². The zero-order valence-electron chi connectivity index (χ0n) is 10.3. The number of nitrogens with zero attached hydrogens (tertiary/aromatic N) is 2. The van der Waals surface area contributed by atoms with E-state index in [1.807, 2.05) is 0 Å². The van der Waals surface area contributed by atoms with Gasteiger partial charge in [0.05, 0.1) is 12.2 Å². The molecule has 0 unspecified atom stereocenters. The standard InChI is InChI=1S/C12H9F3N2O3/c1-2-20-11(19)8-5-16-9-4-3-7(12(13,14)15)6-17(9)10(8)18/h3-6H,2H2,1H3. The average Bonchev–Trinajstić information content (AvgIpc) is 2.38. The van der Waals surface area contributed by atoms with Crippen LogP contribution in [-0.4, -0.2) is 22.0 Å². The Morgan fingerprint density at radius 1 is 1.40 bits per heavy atom. The van der Waals surface area contributed by atoms with E-state index in [-0.39, 0.29) is 12.3 Å². The molecule has 0 atom stereocenters. The molecule has 0 aliphatic rings. The van der Waals surface area contributed by atoms with Gasteiger partial charge in [-0.05, 0) is 19.1 Å². The Labute approximate surface area is 110 Å². The summed E-state index contributed by atoms with van der Waals surface area (Å²) in [5, 5.41) is 0. The van der Waals surface area contributed by atoms with Gasteiger partial charge in [-0.25, -0.2) is 9.78 Å². The number of carbonyl (C=O) groups is 1. The number of halogens is 3. The molecule has 2 aromatic heterocycles. The fourth-order valence-electron chi connectivity index (χ4n) is 1.59. The zero-order valence-corrected chi connectivity index (χ0v) is 10.3. The third kappa shape index (κ3) is 2.49. The van der Waals surface area contributed by atoms with Crippen LogP contribution in [0.15, 0.2) is 29.3 Å². The molecule has 0 aromatic carbocycles. The van der Waals surface area contributed by atoms with E-state index < -0.39 is 28.8 Å². The zero-order chi connectivity index (χ0) is 14.9. The number of hydrogen-bond acceptors (Lipinski definition) is 4. The molecule has 0 aliphatic heterocycles. The van der Waals surface area contributed by atoms with Gasteiger partial charge in [0.25, 0.3) is 5.56 Å². The van der Waals surface area contributed by atoms with Gasteiger partial charge < -0.3 is 4.74 Å². The van der Waals surface area contributed by atoms with Crippen LogP contribution in [0.2, 0.25) is 0 Å². The summed E-state index contributed by atoms with van der Waals surface area (Å²) >= 11 is 0. The molecule has 0 aliphatic carbocycles. The van der Waals surface area contributed by atoms with Crippen LogP contribution >= 0.6 is 0 Å². The topological polar surface area (TPSA) is 60.7 Å². The van der Waals surface area contributed by atoms with E-state index in [0.29, 0.717) is 10.6 Å². The van der Waals surface area contributed by atoms with Gasteiger partial charge in [0.2, 0.25) is 0 Å². The second-order valence-electron chi connectivity index (χ2n) is 3.84. The van der Waals surface area contributed by atoms with E-state index in [2.05, 4.69) is 9.72 Å². The van der Waals surface area contributed by atoms with E-state index in [4.69, 9.17) is 0 Å². The van der Waals surface area contributed by atoms with Crippen molar-refractivity contribution in [2.45, 2.75) is 13.1 Å². The first kappa shape index (κ1) is 14.0. The van der Waals surface area contributed by atoms with Crippen LogP contribution in [0.25, 0.3) is 5.65 Å². The second-order valence-corrected chi connectivity index (χ2v) is 3.84. The van der Waals surface area contributed by atoms with Crippen molar-refractivity contribution in [3.05, 3.63) is 46.0 Å². The third-order valence-corrected chi connectivity index (χ3v) is 2.52. The number of carbonyl (C=O) groups excluding carboxylic acids is 1. The van der Waals surface area contributed by atoms with Crippen molar-refractivity contribution in [3.8, 4) is 0 Å². The van der Waals surface area contributed by atoms with Gasteiger partial charge in [-0.1, -0.05) is 0 Å². The monoisotopic (exact) mass is 286 g/mol. The molecule has 2 heterocycles. The van der Waals surface area contributed by atoms with Gasteiger partial charge in [0.15, 0.2) is 0 Å². The number of hydrogen-bond donors (Lipinski definition) is 0. The van der Waals surface area contributed by atoms with Crippen molar-refractivity contribution in [3.63, 3.8) is 0 Å². The molecule has 5 nitrogen and oxygen atoms in total. The lowest BCUT2D eigenvalue weighted by Crippen LogP contribution is -2.25. The molecule has 2 rings (SSSR count). The molecule has 0 N–H and O–H groups in total. The third-order valence-electron chi connectivity index (χ3n) is 2.52. The van der Waals surface area contributed by atoms with Crippen LogP contribution in [0, 0.1) is 0 Å². The van der Waals surface area contributed by atoms with Gasteiger partial charge in [-0.3, -0.25) is 9.20 Å². The predicted octanol–water partition coefficient (Wildman–Crippen LogP) is 1.89. The molecule has 0 spiro atoms. The number of esters is 1. The predicted molar refractivity (Wildman–Crippen MR) is 62.4 cm³/mol. The highest BCUT2D eigenvalue weighted by Crippen LogP contribution is 2.28. The van der Waals surface area contributed by atoms with Crippen LogP contribution in [-0.2, 0) is 10.9 Å². The summed E-state index contributed by atoms with van der Waals surface area (Å²) in [6.45, 7) is 1.59. The van der Waals surface area contributed by atoms with Gasteiger partial charge in [0.1, 0.15) is 11.2 Å². The summed E-state index contributed by atoms with van der Waals surface area (Å²) in [6.07, 6.45) is -3.00. The minimum atomic E-state index is -4.59. The maximum Gasteiger partial charge on any atom is 0.417 e. The van der Waals surface area contributed by atoms with Crippen LogP contribution in [0.5, 0.6) is 0 Å². The van der Waals surface area contributed by atoms with E-state index in [0.717, 1.165) is 18.3 Å². The lowest BCUT2D eigenvalue weighted by molar-refractivity contribution is -0.137. The van der Waals surface area contributed by atoms with Crippen molar-refractivity contribution in [1.82, 2.24) is 9.38 Å². The van der Waals surface area contributed by atoms with Crippen LogP contribution in [0.3, 0.4) is 0 Å². The Balaban J connectivity index is 2.65. The summed E-state index contributed by atoms with van der Waals surface area (Å²) in [5.74, 6) is -0.920. The highest BCUT2D eigenvalue weighted by Gasteiger charge is 2.31. The fraction of sp³-hybridized carbons (Fsp3) is 0.250. The first-order chi connectivity index (χ1) is 9.34. The van der Waals surface area contributed by atoms with Gasteiger partial charge in [-0.15, -0.1) is 0 Å². The summed E-state index contributed by atoms with van der Waals surface area (Å²) in [6, 6.07) is 1.87. The highest BCUT2D eigenvalue weighted by molar-refractivity contribution is 5.88. The molecular weight excluding hydrogens is 277 g/mol. The molecule has 0 bridgehead atoms.